The van der Waals surface area contributed by atoms with Crippen molar-refractivity contribution in [1.82, 2.24) is 15.5 Å². The van der Waals surface area contributed by atoms with Gasteiger partial charge < -0.3 is 35.2 Å². The molecular weight excluding hydrogens is 716 g/mol. The van der Waals surface area contributed by atoms with Gasteiger partial charge in [0.05, 0.1) is 26.2 Å². The van der Waals surface area contributed by atoms with Crippen LogP contribution in [0.15, 0.2) is 91.0 Å². The number of benzene rings is 4. The molecule has 5 amide bonds. The van der Waals surface area contributed by atoms with E-state index < -0.39 is 11.9 Å². The molecule has 2 aliphatic rings. The van der Waals surface area contributed by atoms with Gasteiger partial charge in [0, 0.05) is 36.2 Å². The van der Waals surface area contributed by atoms with E-state index in [1.54, 1.807) is 42.5 Å². The second kappa shape index (κ2) is 18.2. The molecule has 13 nitrogen and oxygen atoms in total. The number of ether oxygens (including phenoxy) is 2. The van der Waals surface area contributed by atoms with Crippen molar-refractivity contribution < 1.29 is 43.7 Å². The summed E-state index contributed by atoms with van der Waals surface area (Å²) in [5.41, 5.74) is 6.43. The predicted octanol–water partition coefficient (Wildman–Crippen LogP) is 5.16. The van der Waals surface area contributed by atoms with Crippen LogP contribution in [0.5, 0.6) is 17.2 Å². The second-order valence-corrected chi connectivity index (χ2v) is 13.4. The van der Waals surface area contributed by atoms with Crippen LogP contribution >= 0.6 is 0 Å². The maximum atomic E-state index is 13.0. The van der Waals surface area contributed by atoms with Gasteiger partial charge in [0.1, 0.15) is 29.9 Å². The van der Waals surface area contributed by atoms with E-state index in [0.717, 1.165) is 34.3 Å². The zero-order valence-electron chi connectivity index (χ0n) is 31.0. The lowest BCUT2D eigenvalue weighted by molar-refractivity contribution is -0.137. The highest BCUT2D eigenvalue weighted by atomic mass is 16.5. The Morgan fingerprint density at radius 1 is 0.804 bits per heavy atom. The van der Waals surface area contributed by atoms with Crippen LogP contribution in [0, 0.1) is 0 Å². The quantitative estimate of drug-likeness (QED) is 0.0585. The largest absolute Gasteiger partial charge is 0.508 e. The van der Waals surface area contributed by atoms with Gasteiger partial charge in [-0.1, -0.05) is 49.4 Å². The Kier molecular flexibility index (Phi) is 12.8. The number of allylic oxidation sites excluding steroid dienone is 1. The molecule has 4 aromatic carbocycles. The Morgan fingerprint density at radius 3 is 2.07 bits per heavy atom. The standard InChI is InChI=1S/C43H44N4O9/c1-2-33(27-6-12-30(48)13-7-27)41(28-8-14-31(49)15-9-28)29-10-16-32(17-11-29)56-25-22-44-38(50)20-23-55-24-21-40(52)45-36-5-3-4-34-35(36)26-47(43(34)54)37-18-19-39(51)46-42(37)53/h3-17,37,48-49H,2,18-26H2,1H3,(H,44,50)(H,45,52)(H,46,51,53). The lowest BCUT2D eigenvalue weighted by Crippen LogP contribution is -2.52. The number of carbonyl (C=O) groups is 5. The smallest absolute Gasteiger partial charge is 0.255 e. The number of aromatic hydroxyl groups is 2. The van der Waals surface area contributed by atoms with Crippen LogP contribution in [0.2, 0.25) is 0 Å². The summed E-state index contributed by atoms with van der Waals surface area (Å²) in [4.78, 5) is 63.5. The second-order valence-electron chi connectivity index (χ2n) is 13.4. The third-order valence-electron chi connectivity index (χ3n) is 9.67. The van der Waals surface area contributed by atoms with Crippen molar-refractivity contribution in [2.75, 3.05) is 31.7 Å². The molecule has 1 fully saturated rings. The highest BCUT2D eigenvalue weighted by Crippen LogP contribution is 2.36. The van der Waals surface area contributed by atoms with Crippen LogP contribution in [-0.4, -0.2) is 77.1 Å². The van der Waals surface area contributed by atoms with Crippen molar-refractivity contribution >= 4 is 46.4 Å². The van der Waals surface area contributed by atoms with Crippen molar-refractivity contribution in [3.05, 3.63) is 119 Å². The first kappa shape index (κ1) is 39.2. The first-order chi connectivity index (χ1) is 27.1. The number of phenolic OH excluding ortho intramolecular Hbond substituents is 2. The van der Waals surface area contributed by atoms with Gasteiger partial charge in [-0.05, 0) is 89.2 Å². The number of amides is 5. The van der Waals surface area contributed by atoms with Crippen LogP contribution in [0.25, 0.3) is 11.1 Å². The van der Waals surface area contributed by atoms with Gasteiger partial charge in [-0.15, -0.1) is 0 Å². The fourth-order valence-corrected chi connectivity index (χ4v) is 6.84. The zero-order valence-corrected chi connectivity index (χ0v) is 31.0. The highest BCUT2D eigenvalue weighted by molar-refractivity contribution is 6.07. The first-order valence-corrected chi connectivity index (χ1v) is 18.6. The molecule has 0 bridgehead atoms. The Morgan fingerprint density at radius 2 is 1.43 bits per heavy atom. The monoisotopic (exact) mass is 760 g/mol. The maximum absolute atomic E-state index is 13.0. The lowest BCUT2D eigenvalue weighted by Gasteiger charge is -2.29. The number of phenols is 2. The van der Waals surface area contributed by atoms with Gasteiger partial charge in [-0.25, -0.2) is 0 Å². The Balaban J connectivity index is 0.914. The van der Waals surface area contributed by atoms with E-state index in [9.17, 15) is 34.2 Å². The summed E-state index contributed by atoms with van der Waals surface area (Å²) in [6.45, 7) is 2.97. The molecule has 6 rings (SSSR count). The van der Waals surface area contributed by atoms with Gasteiger partial charge in [-0.3, -0.25) is 29.3 Å². The summed E-state index contributed by atoms with van der Waals surface area (Å²) in [6.07, 6.45) is 1.27. The number of hydrogen-bond donors (Lipinski definition) is 5. The minimum atomic E-state index is -0.749. The molecule has 1 saturated heterocycles. The van der Waals surface area contributed by atoms with E-state index in [0.29, 0.717) is 22.6 Å². The minimum absolute atomic E-state index is 0.0332. The van der Waals surface area contributed by atoms with Crippen molar-refractivity contribution in [1.29, 1.82) is 0 Å². The van der Waals surface area contributed by atoms with E-state index in [-0.39, 0.29) is 93.7 Å². The average molecular weight is 761 g/mol. The molecule has 0 saturated carbocycles. The highest BCUT2D eigenvalue weighted by Gasteiger charge is 2.40. The summed E-state index contributed by atoms with van der Waals surface area (Å²) in [7, 11) is 0. The van der Waals surface area contributed by atoms with E-state index in [4.69, 9.17) is 9.47 Å². The number of fused-ring (bicyclic) bond motifs is 1. The molecule has 0 spiro atoms. The van der Waals surface area contributed by atoms with Crippen LogP contribution in [0.4, 0.5) is 5.69 Å². The number of rotatable bonds is 16. The summed E-state index contributed by atoms with van der Waals surface area (Å²) in [5, 5.41) is 27.6. The number of carbonyl (C=O) groups excluding carboxylic acids is 5. The first-order valence-electron chi connectivity index (χ1n) is 18.6. The minimum Gasteiger partial charge on any atom is -0.508 e. The van der Waals surface area contributed by atoms with E-state index in [1.807, 2.05) is 48.5 Å². The van der Waals surface area contributed by atoms with Crippen LogP contribution < -0.4 is 20.7 Å². The molecular formula is C43H44N4O9. The molecule has 0 aromatic heterocycles. The molecule has 4 aromatic rings. The molecule has 2 heterocycles. The fourth-order valence-electron chi connectivity index (χ4n) is 6.84. The van der Waals surface area contributed by atoms with E-state index in [1.165, 1.54) is 4.90 Å². The van der Waals surface area contributed by atoms with Gasteiger partial charge >= 0.3 is 0 Å². The summed E-state index contributed by atoms with van der Waals surface area (Å²) in [5.74, 6) is -0.722. The number of piperidine rings is 1. The fraction of sp³-hybridized carbons (Fsp3) is 0.279. The number of imide groups is 1. The summed E-state index contributed by atoms with van der Waals surface area (Å²) in [6, 6.07) is 26.1. The summed E-state index contributed by atoms with van der Waals surface area (Å²) >= 11 is 0. The van der Waals surface area contributed by atoms with Crippen molar-refractivity contribution in [2.45, 2.75) is 51.6 Å². The molecule has 0 aliphatic carbocycles. The number of hydrogen-bond acceptors (Lipinski definition) is 9. The zero-order chi connectivity index (χ0) is 39.6. The molecule has 1 atom stereocenters. The van der Waals surface area contributed by atoms with Gasteiger partial charge in [0.25, 0.3) is 5.91 Å². The van der Waals surface area contributed by atoms with E-state index in [2.05, 4.69) is 22.9 Å². The molecule has 13 heteroatoms. The molecule has 5 N–H and O–H groups in total. The lowest BCUT2D eigenvalue weighted by atomic mass is 9.88. The number of nitrogens with zero attached hydrogens (tertiary/aromatic N) is 1. The summed E-state index contributed by atoms with van der Waals surface area (Å²) < 4.78 is 11.4. The van der Waals surface area contributed by atoms with Crippen LogP contribution in [-0.2, 0) is 30.5 Å². The van der Waals surface area contributed by atoms with Gasteiger partial charge in [0.2, 0.25) is 23.6 Å². The van der Waals surface area contributed by atoms with E-state index >= 15 is 0 Å². The normalized spacial score (nSPS) is 15.5. The number of anilines is 1. The molecule has 1 unspecified atom stereocenters. The molecule has 0 radical (unpaired) electrons. The molecule has 2 aliphatic heterocycles. The third-order valence-corrected chi connectivity index (χ3v) is 9.67. The number of nitrogens with one attached hydrogen (secondary N) is 3. The molecule has 290 valence electrons. The van der Waals surface area contributed by atoms with Gasteiger partial charge in [0.15, 0.2) is 0 Å². The SMILES string of the molecule is CCC(=C(c1ccc(O)cc1)c1ccc(OCCNC(=O)CCOCCC(=O)Nc2cccc3c2CN(C2CCC(=O)NC2=O)C3=O)cc1)c1ccc(O)cc1. The average Bonchev–Trinajstić information content (AvgIpc) is 3.53. The third kappa shape index (κ3) is 9.60. The van der Waals surface area contributed by atoms with Crippen LogP contribution in [0.3, 0.4) is 0 Å². The van der Waals surface area contributed by atoms with Crippen molar-refractivity contribution in [3.63, 3.8) is 0 Å². The van der Waals surface area contributed by atoms with Gasteiger partial charge in [-0.2, -0.15) is 0 Å². The van der Waals surface area contributed by atoms with Crippen molar-refractivity contribution in [3.8, 4) is 17.2 Å². The molecule has 56 heavy (non-hydrogen) atoms. The Hall–Kier alpha value is -6.47. The maximum Gasteiger partial charge on any atom is 0.255 e. The predicted molar refractivity (Wildman–Crippen MR) is 209 cm³/mol. The topological polar surface area (TPSA) is 184 Å². The Bertz CT molecular complexity index is 2110. The Labute approximate surface area is 324 Å². The van der Waals surface area contributed by atoms with Crippen LogP contribution in [0.1, 0.15) is 71.6 Å². The van der Waals surface area contributed by atoms with Crippen molar-refractivity contribution in [2.24, 2.45) is 0 Å².